The normalized spacial score (nSPS) is 10.7. The van der Waals surface area contributed by atoms with Crippen molar-refractivity contribution >= 4 is 44.5 Å². The van der Waals surface area contributed by atoms with Crippen LogP contribution in [0.15, 0.2) is 46.9 Å². The number of nitrogens with two attached hydrogens (primary N) is 2. The van der Waals surface area contributed by atoms with Gasteiger partial charge < -0.3 is 16.8 Å². The molecule has 1 amide bonds. The lowest BCUT2D eigenvalue weighted by atomic mass is 10.1. The van der Waals surface area contributed by atoms with Gasteiger partial charge in [-0.05, 0) is 45.8 Å². The third-order valence-corrected chi connectivity index (χ3v) is 4.07. The highest BCUT2D eigenvalue weighted by Crippen LogP contribution is 2.20. The molecule has 0 aliphatic carbocycles. The van der Waals surface area contributed by atoms with Gasteiger partial charge in [0.2, 0.25) is 5.95 Å². The number of hydrogen-bond donors (Lipinski definition) is 3. The number of anilines is 2. The van der Waals surface area contributed by atoms with Gasteiger partial charge in [0.1, 0.15) is 5.82 Å². The van der Waals surface area contributed by atoms with Crippen LogP contribution in [0, 0.1) is 0 Å². The Morgan fingerprint density at radius 1 is 1.13 bits per heavy atom. The molecule has 3 rings (SSSR count). The van der Waals surface area contributed by atoms with Gasteiger partial charge in [0.05, 0.1) is 11.1 Å². The molecule has 0 radical (unpaired) electrons. The summed E-state index contributed by atoms with van der Waals surface area (Å²) in [5.74, 6) is 0.319. The molecule has 1 heterocycles. The van der Waals surface area contributed by atoms with Crippen molar-refractivity contribution < 1.29 is 4.79 Å². The summed E-state index contributed by atoms with van der Waals surface area (Å²) >= 11 is 3.37. The van der Waals surface area contributed by atoms with Crippen molar-refractivity contribution in [3.05, 3.63) is 58.1 Å². The summed E-state index contributed by atoms with van der Waals surface area (Å²) < 4.78 is 0.754. The van der Waals surface area contributed by atoms with Crippen LogP contribution in [-0.2, 0) is 6.54 Å². The number of fused-ring (bicyclic) bond motifs is 1. The first-order valence-electron chi connectivity index (χ1n) is 6.89. The standard InChI is InChI=1S/C16H14BrN5O/c17-12-4-2-1-3-10(12)15(23)20-8-9-5-6-11-13(7-9)21-16(19)22-14(11)18/h1-7H,8H2,(H,20,23)(H4,18,19,21,22). The zero-order chi connectivity index (χ0) is 16.4. The first-order chi connectivity index (χ1) is 11.0. The zero-order valence-corrected chi connectivity index (χ0v) is 13.7. The van der Waals surface area contributed by atoms with E-state index in [9.17, 15) is 4.79 Å². The number of nitrogen functional groups attached to an aromatic ring is 2. The molecule has 23 heavy (non-hydrogen) atoms. The second-order valence-corrected chi connectivity index (χ2v) is 5.84. The fourth-order valence-corrected chi connectivity index (χ4v) is 2.72. The summed E-state index contributed by atoms with van der Waals surface area (Å²) in [5.41, 5.74) is 13.6. The maximum absolute atomic E-state index is 12.2. The molecule has 0 spiro atoms. The minimum Gasteiger partial charge on any atom is -0.383 e. The van der Waals surface area contributed by atoms with Crippen molar-refractivity contribution in [2.45, 2.75) is 6.54 Å². The van der Waals surface area contributed by atoms with Crippen LogP contribution >= 0.6 is 15.9 Å². The van der Waals surface area contributed by atoms with Gasteiger partial charge in [-0.1, -0.05) is 18.2 Å². The lowest BCUT2D eigenvalue weighted by Crippen LogP contribution is -2.23. The maximum atomic E-state index is 12.2. The van der Waals surface area contributed by atoms with Gasteiger partial charge in [-0.2, -0.15) is 4.98 Å². The van der Waals surface area contributed by atoms with Gasteiger partial charge in [-0.15, -0.1) is 0 Å². The van der Waals surface area contributed by atoms with Crippen molar-refractivity contribution in [1.29, 1.82) is 0 Å². The molecule has 0 saturated carbocycles. The molecule has 0 aliphatic heterocycles. The monoisotopic (exact) mass is 371 g/mol. The number of nitrogens with one attached hydrogen (secondary N) is 1. The second-order valence-electron chi connectivity index (χ2n) is 4.98. The number of hydrogen-bond acceptors (Lipinski definition) is 5. The van der Waals surface area contributed by atoms with Crippen LogP contribution in [0.25, 0.3) is 10.9 Å². The molecular formula is C16H14BrN5O. The molecule has 0 unspecified atom stereocenters. The predicted octanol–water partition coefficient (Wildman–Crippen LogP) is 2.49. The predicted molar refractivity (Wildman–Crippen MR) is 93.7 cm³/mol. The van der Waals surface area contributed by atoms with E-state index in [0.717, 1.165) is 15.4 Å². The second kappa shape index (κ2) is 6.21. The summed E-state index contributed by atoms with van der Waals surface area (Å²) in [6.07, 6.45) is 0. The van der Waals surface area contributed by atoms with Gasteiger partial charge in [0, 0.05) is 16.4 Å². The van der Waals surface area contributed by atoms with Gasteiger partial charge >= 0.3 is 0 Å². The molecule has 0 fully saturated rings. The van der Waals surface area contributed by atoms with Gasteiger partial charge in [0.25, 0.3) is 5.91 Å². The molecule has 2 aromatic carbocycles. The Labute approximate surface area is 141 Å². The van der Waals surface area contributed by atoms with Crippen molar-refractivity contribution in [2.75, 3.05) is 11.5 Å². The van der Waals surface area contributed by atoms with E-state index in [1.54, 1.807) is 6.07 Å². The van der Waals surface area contributed by atoms with Gasteiger partial charge in [-0.25, -0.2) is 4.98 Å². The smallest absolute Gasteiger partial charge is 0.252 e. The Hall–Kier alpha value is -2.67. The van der Waals surface area contributed by atoms with Crippen LogP contribution in [-0.4, -0.2) is 15.9 Å². The van der Waals surface area contributed by atoms with Gasteiger partial charge in [0.15, 0.2) is 0 Å². The summed E-state index contributed by atoms with van der Waals surface area (Å²) in [6.45, 7) is 0.375. The van der Waals surface area contributed by atoms with E-state index in [1.165, 1.54) is 0 Å². The van der Waals surface area contributed by atoms with E-state index in [1.807, 2.05) is 36.4 Å². The Kier molecular flexibility index (Phi) is 4.12. The number of carbonyl (C=O) groups is 1. The number of nitrogens with zero attached hydrogens (tertiary/aromatic N) is 2. The van der Waals surface area contributed by atoms with Crippen LogP contribution in [0.3, 0.4) is 0 Å². The average molecular weight is 372 g/mol. The Morgan fingerprint density at radius 3 is 2.70 bits per heavy atom. The lowest BCUT2D eigenvalue weighted by Gasteiger charge is -2.08. The highest BCUT2D eigenvalue weighted by molar-refractivity contribution is 9.10. The molecule has 0 saturated heterocycles. The van der Waals surface area contributed by atoms with Crippen LogP contribution < -0.4 is 16.8 Å². The highest BCUT2D eigenvalue weighted by Gasteiger charge is 2.09. The molecule has 0 aliphatic rings. The first-order valence-corrected chi connectivity index (χ1v) is 7.68. The molecule has 6 nitrogen and oxygen atoms in total. The van der Waals surface area contributed by atoms with Crippen molar-refractivity contribution in [3.8, 4) is 0 Å². The molecule has 3 aromatic rings. The minimum atomic E-state index is -0.153. The highest BCUT2D eigenvalue weighted by atomic mass is 79.9. The van der Waals surface area contributed by atoms with Gasteiger partial charge in [-0.3, -0.25) is 4.79 Å². The van der Waals surface area contributed by atoms with E-state index in [0.29, 0.717) is 23.4 Å². The molecule has 7 heteroatoms. The third-order valence-electron chi connectivity index (χ3n) is 3.38. The van der Waals surface area contributed by atoms with Crippen molar-refractivity contribution in [2.24, 2.45) is 0 Å². The van der Waals surface area contributed by atoms with Crippen molar-refractivity contribution in [3.63, 3.8) is 0 Å². The topological polar surface area (TPSA) is 107 Å². The number of aromatic nitrogens is 2. The van der Waals surface area contributed by atoms with Crippen LogP contribution in [0.5, 0.6) is 0 Å². The fourth-order valence-electron chi connectivity index (χ4n) is 2.25. The molecule has 1 aromatic heterocycles. The molecule has 0 atom stereocenters. The van der Waals surface area contributed by atoms with E-state index in [-0.39, 0.29) is 11.9 Å². The number of carbonyl (C=O) groups excluding carboxylic acids is 1. The van der Waals surface area contributed by atoms with E-state index in [2.05, 4.69) is 31.2 Å². The quantitative estimate of drug-likeness (QED) is 0.655. The van der Waals surface area contributed by atoms with E-state index in [4.69, 9.17) is 11.5 Å². The molecule has 5 N–H and O–H groups in total. The number of benzene rings is 2. The summed E-state index contributed by atoms with van der Waals surface area (Å²) in [4.78, 5) is 20.3. The summed E-state index contributed by atoms with van der Waals surface area (Å²) in [5, 5.41) is 3.61. The Balaban J connectivity index is 1.80. The number of rotatable bonds is 3. The Bertz CT molecular complexity index is 897. The van der Waals surface area contributed by atoms with E-state index >= 15 is 0 Å². The molecule has 0 bridgehead atoms. The van der Waals surface area contributed by atoms with Crippen LogP contribution in [0.2, 0.25) is 0 Å². The number of amides is 1. The van der Waals surface area contributed by atoms with Crippen LogP contribution in [0.1, 0.15) is 15.9 Å². The minimum absolute atomic E-state index is 0.129. The molecule has 116 valence electrons. The lowest BCUT2D eigenvalue weighted by molar-refractivity contribution is 0.0950. The fraction of sp³-hybridized carbons (Fsp3) is 0.0625. The maximum Gasteiger partial charge on any atom is 0.252 e. The SMILES string of the molecule is Nc1nc(N)c2ccc(CNC(=O)c3ccccc3Br)cc2n1. The third kappa shape index (κ3) is 3.24. The summed E-state index contributed by atoms with van der Waals surface area (Å²) in [7, 11) is 0. The average Bonchev–Trinajstić information content (AvgIpc) is 2.52. The summed E-state index contributed by atoms with van der Waals surface area (Å²) in [6, 6.07) is 12.8. The van der Waals surface area contributed by atoms with Crippen LogP contribution in [0.4, 0.5) is 11.8 Å². The largest absolute Gasteiger partial charge is 0.383 e. The van der Waals surface area contributed by atoms with Crippen molar-refractivity contribution in [1.82, 2.24) is 15.3 Å². The number of halogens is 1. The van der Waals surface area contributed by atoms with E-state index < -0.39 is 0 Å². The first kappa shape index (κ1) is 15.2. The molecular weight excluding hydrogens is 358 g/mol. The Morgan fingerprint density at radius 2 is 1.91 bits per heavy atom. The zero-order valence-electron chi connectivity index (χ0n) is 12.1.